The molecule has 224 valence electrons. The number of nitrogens with zero attached hydrogens (tertiary/aromatic N) is 4. The summed E-state index contributed by atoms with van der Waals surface area (Å²) in [4.78, 5) is 13.2. The first-order valence-corrected chi connectivity index (χ1v) is 14.9. The van der Waals surface area contributed by atoms with E-state index in [9.17, 15) is 8.78 Å². The van der Waals surface area contributed by atoms with E-state index < -0.39 is 40.5 Å². The van der Waals surface area contributed by atoms with Crippen LogP contribution >= 0.6 is 0 Å². The molecule has 2 unspecified atom stereocenters. The first kappa shape index (κ1) is 27.0. The van der Waals surface area contributed by atoms with Crippen molar-refractivity contribution in [1.82, 2.24) is 20.2 Å². The number of halogens is 5. The van der Waals surface area contributed by atoms with Gasteiger partial charge in [-0.25, -0.2) is 22.0 Å². The summed E-state index contributed by atoms with van der Waals surface area (Å²) in [5.74, 6) is -3.88. The maximum atomic E-state index is 16.6. The molecule has 4 atom stereocenters. The normalized spacial score (nSPS) is 27.0. The van der Waals surface area contributed by atoms with Gasteiger partial charge < -0.3 is 15.0 Å². The van der Waals surface area contributed by atoms with Crippen LogP contribution in [0.25, 0.3) is 32.8 Å². The van der Waals surface area contributed by atoms with Crippen LogP contribution in [0.5, 0.6) is 6.01 Å². The molecular formula is C32H30F5N5O. The van der Waals surface area contributed by atoms with E-state index in [1.54, 1.807) is 12.1 Å². The molecule has 4 aromatic rings. The molecular weight excluding hydrogens is 565 g/mol. The predicted octanol–water partition coefficient (Wildman–Crippen LogP) is 5.90. The van der Waals surface area contributed by atoms with Crippen molar-refractivity contribution in [3.8, 4) is 17.1 Å². The van der Waals surface area contributed by atoms with Gasteiger partial charge in [-0.15, -0.1) is 0 Å². The largest absolute Gasteiger partial charge is 0.461 e. The molecule has 1 N–H and O–H groups in total. The molecule has 0 saturated carbocycles. The molecule has 0 aliphatic carbocycles. The Morgan fingerprint density at radius 3 is 2.58 bits per heavy atom. The van der Waals surface area contributed by atoms with Crippen molar-refractivity contribution in [1.29, 1.82) is 0 Å². The van der Waals surface area contributed by atoms with Crippen LogP contribution in [0.1, 0.15) is 32.1 Å². The minimum atomic E-state index is -1.18. The number of alkyl halides is 1. The van der Waals surface area contributed by atoms with Crippen molar-refractivity contribution >= 4 is 27.5 Å². The standard InChI is InChI=1S/C32H30F5N5O/c33-18-12-32(9-2-10-42(32)13-18)16-43-31-39-29-22(30(40-31)41-14-19-6-7-20(15-41)38-19)11-24(35)26(28(29)37)21-4-1-3-17-5-8-23(34)27(36)25(17)21/h1,3-5,8,11,18-20,38H,2,6-7,9-10,12-16H2/t18-,19?,20?,32+/m1/s1. The molecule has 0 amide bonds. The van der Waals surface area contributed by atoms with Gasteiger partial charge in [0.15, 0.2) is 17.5 Å². The second kappa shape index (κ2) is 9.99. The maximum absolute atomic E-state index is 16.6. The summed E-state index contributed by atoms with van der Waals surface area (Å²) in [7, 11) is 0. The fourth-order valence-electron chi connectivity index (χ4n) is 7.85. The summed E-state index contributed by atoms with van der Waals surface area (Å²) < 4.78 is 82.4. The topological polar surface area (TPSA) is 53.5 Å². The van der Waals surface area contributed by atoms with Gasteiger partial charge in [-0.2, -0.15) is 9.97 Å². The minimum Gasteiger partial charge on any atom is -0.461 e. The highest BCUT2D eigenvalue weighted by Crippen LogP contribution is 2.42. The van der Waals surface area contributed by atoms with E-state index in [0.29, 0.717) is 37.3 Å². The van der Waals surface area contributed by atoms with Gasteiger partial charge in [0.2, 0.25) is 0 Å². The second-order valence-electron chi connectivity index (χ2n) is 12.4. The molecule has 11 heteroatoms. The summed E-state index contributed by atoms with van der Waals surface area (Å²) in [6, 6.07) is 8.36. The van der Waals surface area contributed by atoms with E-state index in [1.165, 1.54) is 18.2 Å². The summed E-state index contributed by atoms with van der Waals surface area (Å²) in [6.45, 7) is 2.49. The summed E-state index contributed by atoms with van der Waals surface area (Å²) >= 11 is 0. The highest BCUT2D eigenvalue weighted by atomic mass is 19.2. The Balaban J connectivity index is 1.28. The van der Waals surface area contributed by atoms with E-state index in [-0.39, 0.29) is 46.6 Å². The van der Waals surface area contributed by atoms with Gasteiger partial charge in [-0.05, 0) is 55.3 Å². The number of hydrogen-bond acceptors (Lipinski definition) is 6. The molecule has 0 spiro atoms. The maximum Gasteiger partial charge on any atom is 0.319 e. The van der Waals surface area contributed by atoms with Gasteiger partial charge in [0.05, 0.1) is 11.1 Å². The van der Waals surface area contributed by atoms with E-state index in [1.807, 2.05) is 4.90 Å². The third-order valence-corrected chi connectivity index (χ3v) is 9.79. The minimum absolute atomic E-state index is 0.0801. The number of hydrogen-bond donors (Lipinski definition) is 1. The van der Waals surface area contributed by atoms with Gasteiger partial charge in [0.25, 0.3) is 0 Å². The Labute approximate surface area is 244 Å². The molecule has 0 radical (unpaired) electrons. The van der Waals surface area contributed by atoms with Crippen molar-refractivity contribution in [2.24, 2.45) is 0 Å². The first-order valence-electron chi connectivity index (χ1n) is 14.9. The van der Waals surface area contributed by atoms with Crippen molar-refractivity contribution in [2.45, 2.75) is 55.9 Å². The third kappa shape index (κ3) is 4.34. The van der Waals surface area contributed by atoms with Gasteiger partial charge in [0.1, 0.15) is 29.9 Å². The quantitative estimate of drug-likeness (QED) is 0.290. The fourth-order valence-corrected chi connectivity index (χ4v) is 7.85. The number of fused-ring (bicyclic) bond motifs is 5. The fraction of sp³-hybridized carbons (Fsp3) is 0.438. The lowest BCUT2D eigenvalue weighted by Crippen LogP contribution is -2.51. The monoisotopic (exact) mass is 595 g/mol. The highest BCUT2D eigenvalue weighted by Gasteiger charge is 2.49. The number of aromatic nitrogens is 2. The zero-order valence-electron chi connectivity index (χ0n) is 23.4. The van der Waals surface area contributed by atoms with Crippen LogP contribution in [-0.2, 0) is 0 Å². The Kier molecular flexibility index (Phi) is 6.27. The van der Waals surface area contributed by atoms with Crippen molar-refractivity contribution in [3.63, 3.8) is 0 Å². The molecule has 4 saturated heterocycles. The first-order chi connectivity index (χ1) is 20.8. The lowest BCUT2D eigenvalue weighted by molar-refractivity contribution is 0.107. The molecule has 4 aliphatic rings. The average molecular weight is 596 g/mol. The van der Waals surface area contributed by atoms with Crippen LogP contribution in [0.3, 0.4) is 0 Å². The van der Waals surface area contributed by atoms with Crippen LogP contribution in [0.2, 0.25) is 0 Å². The summed E-state index contributed by atoms with van der Waals surface area (Å²) in [5, 5.41) is 3.81. The van der Waals surface area contributed by atoms with Crippen LogP contribution in [0, 0.1) is 23.3 Å². The van der Waals surface area contributed by atoms with Crippen LogP contribution in [0.4, 0.5) is 27.8 Å². The zero-order valence-corrected chi connectivity index (χ0v) is 23.4. The van der Waals surface area contributed by atoms with Crippen molar-refractivity contribution in [2.75, 3.05) is 37.7 Å². The predicted molar refractivity (Wildman–Crippen MR) is 153 cm³/mol. The lowest BCUT2D eigenvalue weighted by atomic mass is 9.95. The molecule has 5 heterocycles. The van der Waals surface area contributed by atoms with E-state index in [4.69, 9.17) is 4.74 Å². The van der Waals surface area contributed by atoms with Crippen molar-refractivity contribution < 1.29 is 26.7 Å². The Hall–Kier alpha value is -3.57. The van der Waals surface area contributed by atoms with Gasteiger partial charge >= 0.3 is 6.01 Å². The molecule has 4 fully saturated rings. The number of piperazine rings is 1. The molecule has 1 aromatic heterocycles. The second-order valence-corrected chi connectivity index (χ2v) is 12.4. The molecule has 8 rings (SSSR count). The van der Waals surface area contributed by atoms with Crippen molar-refractivity contribution in [3.05, 3.63) is 59.7 Å². The SMILES string of the molecule is Fc1cc2c(N3CC4CCC(C3)N4)nc(OC[C@@]34CCCN3C[C@H](F)C4)nc2c(F)c1-c1cccc2ccc(F)c(F)c12. The highest BCUT2D eigenvalue weighted by molar-refractivity contribution is 6.01. The molecule has 43 heavy (non-hydrogen) atoms. The molecule has 2 bridgehead atoms. The van der Waals surface area contributed by atoms with E-state index in [0.717, 1.165) is 38.3 Å². The number of benzene rings is 3. The number of nitrogens with one attached hydrogen (secondary N) is 1. The Morgan fingerprint density at radius 1 is 0.953 bits per heavy atom. The number of rotatable bonds is 5. The number of anilines is 1. The summed E-state index contributed by atoms with van der Waals surface area (Å²) in [6.07, 6.45) is 3.10. The summed E-state index contributed by atoms with van der Waals surface area (Å²) in [5.41, 5.74) is -1.26. The Morgan fingerprint density at radius 2 is 1.77 bits per heavy atom. The average Bonchev–Trinajstić information content (AvgIpc) is 3.64. The van der Waals surface area contributed by atoms with Crippen LogP contribution < -0.4 is 15.0 Å². The molecule has 6 nitrogen and oxygen atoms in total. The van der Waals surface area contributed by atoms with E-state index in [2.05, 4.69) is 20.2 Å². The third-order valence-electron chi connectivity index (χ3n) is 9.79. The lowest BCUT2D eigenvalue weighted by Gasteiger charge is -2.34. The van der Waals surface area contributed by atoms with Gasteiger partial charge in [-0.3, -0.25) is 4.90 Å². The van der Waals surface area contributed by atoms with Gasteiger partial charge in [0, 0.05) is 48.9 Å². The van der Waals surface area contributed by atoms with Crippen LogP contribution in [-0.4, -0.2) is 71.4 Å². The smallest absolute Gasteiger partial charge is 0.319 e. The Bertz CT molecular complexity index is 1760. The van der Waals surface area contributed by atoms with E-state index >= 15 is 13.2 Å². The zero-order chi connectivity index (χ0) is 29.5. The number of ether oxygens (including phenoxy) is 1. The molecule has 3 aromatic carbocycles. The van der Waals surface area contributed by atoms with Crippen LogP contribution in [0.15, 0.2) is 36.4 Å². The molecule has 4 aliphatic heterocycles. The van der Waals surface area contributed by atoms with Gasteiger partial charge in [-0.1, -0.05) is 24.3 Å².